The molecule has 1 aromatic rings. The molecule has 0 aromatic heterocycles. The third-order valence-electron chi connectivity index (χ3n) is 2.81. The first-order valence-electron chi connectivity index (χ1n) is 6.70. The van der Waals surface area contributed by atoms with Crippen LogP contribution in [0.1, 0.15) is 32.3 Å². The second-order valence-corrected chi connectivity index (χ2v) is 4.75. The Bertz CT molecular complexity index is 459. The molecule has 0 aliphatic heterocycles. The van der Waals surface area contributed by atoms with Gasteiger partial charge < -0.3 is 15.2 Å². The van der Waals surface area contributed by atoms with E-state index in [4.69, 9.17) is 9.84 Å². The molecule has 0 heterocycles. The van der Waals surface area contributed by atoms with Gasteiger partial charge in [0.2, 0.25) is 5.91 Å². The van der Waals surface area contributed by atoms with Gasteiger partial charge in [-0.25, -0.2) is 0 Å². The summed E-state index contributed by atoms with van der Waals surface area (Å²) in [7, 11) is 0. The largest absolute Gasteiger partial charge is 0.481 e. The molecule has 1 amide bonds. The number of aliphatic carboxylic acids is 1. The third kappa shape index (κ3) is 5.84. The van der Waals surface area contributed by atoms with E-state index >= 15 is 0 Å². The topological polar surface area (TPSA) is 75.6 Å². The highest BCUT2D eigenvalue weighted by Gasteiger charge is 2.13. The average molecular weight is 279 g/mol. The molecule has 0 saturated carbocycles. The lowest BCUT2D eigenvalue weighted by Crippen LogP contribution is -2.17. The Balaban J connectivity index is 2.59. The van der Waals surface area contributed by atoms with Crippen molar-refractivity contribution in [2.45, 2.75) is 33.3 Å². The summed E-state index contributed by atoms with van der Waals surface area (Å²) < 4.78 is 5.35. The standard InChI is InChI=1S/C15H21NO4/c1-3-20-10-12-6-4-5-7-13(12)16-14(17)8-11(2)9-15(18)19/h4-7,11H,3,8-10H2,1-2H3,(H,16,17)(H,18,19). The molecule has 110 valence electrons. The first-order chi connectivity index (χ1) is 9.52. The average Bonchev–Trinajstić information content (AvgIpc) is 2.36. The van der Waals surface area contributed by atoms with Gasteiger partial charge in [-0.15, -0.1) is 0 Å². The van der Waals surface area contributed by atoms with Crippen LogP contribution in [0.15, 0.2) is 24.3 Å². The molecule has 20 heavy (non-hydrogen) atoms. The monoisotopic (exact) mass is 279 g/mol. The number of benzene rings is 1. The summed E-state index contributed by atoms with van der Waals surface area (Å²) in [6.45, 7) is 4.71. The van der Waals surface area contributed by atoms with E-state index in [1.165, 1.54) is 0 Å². The van der Waals surface area contributed by atoms with Crippen molar-refractivity contribution >= 4 is 17.6 Å². The van der Waals surface area contributed by atoms with Crippen LogP contribution < -0.4 is 5.32 Å². The molecule has 2 N–H and O–H groups in total. The summed E-state index contributed by atoms with van der Waals surface area (Å²) in [4.78, 5) is 22.5. The van der Waals surface area contributed by atoms with E-state index in [1.54, 1.807) is 6.92 Å². The van der Waals surface area contributed by atoms with Crippen molar-refractivity contribution in [2.75, 3.05) is 11.9 Å². The Hall–Kier alpha value is -1.88. The van der Waals surface area contributed by atoms with Gasteiger partial charge in [0.1, 0.15) is 0 Å². The number of carboxylic acid groups (broad SMARTS) is 1. The maximum absolute atomic E-state index is 11.9. The first kappa shape index (κ1) is 16.2. The number of rotatable bonds is 8. The first-order valence-corrected chi connectivity index (χ1v) is 6.70. The molecule has 0 fully saturated rings. The lowest BCUT2D eigenvalue weighted by atomic mass is 10.0. The number of ether oxygens (including phenoxy) is 1. The van der Waals surface area contributed by atoms with E-state index in [9.17, 15) is 9.59 Å². The van der Waals surface area contributed by atoms with E-state index < -0.39 is 5.97 Å². The lowest BCUT2D eigenvalue weighted by Gasteiger charge is -2.13. The van der Waals surface area contributed by atoms with Crippen LogP contribution in [0.5, 0.6) is 0 Å². The van der Waals surface area contributed by atoms with Crippen LogP contribution in [0.3, 0.4) is 0 Å². The zero-order valence-corrected chi connectivity index (χ0v) is 11.9. The number of nitrogens with one attached hydrogen (secondary N) is 1. The number of anilines is 1. The molecule has 0 aliphatic rings. The fraction of sp³-hybridized carbons (Fsp3) is 0.467. The van der Waals surface area contributed by atoms with Gasteiger partial charge in [0, 0.05) is 30.7 Å². The minimum absolute atomic E-state index is 0.00594. The van der Waals surface area contributed by atoms with Gasteiger partial charge in [-0.2, -0.15) is 0 Å². The van der Waals surface area contributed by atoms with Crippen LogP contribution in [-0.2, 0) is 20.9 Å². The number of hydrogen-bond acceptors (Lipinski definition) is 3. The third-order valence-corrected chi connectivity index (χ3v) is 2.81. The molecule has 1 rings (SSSR count). The molecule has 1 aromatic carbocycles. The SMILES string of the molecule is CCOCc1ccccc1NC(=O)CC(C)CC(=O)O. The van der Waals surface area contributed by atoms with Crippen molar-refractivity contribution in [3.8, 4) is 0 Å². The fourth-order valence-electron chi connectivity index (χ4n) is 1.87. The van der Waals surface area contributed by atoms with Crippen LogP contribution in [0.25, 0.3) is 0 Å². The Morgan fingerprint density at radius 3 is 2.65 bits per heavy atom. The van der Waals surface area contributed by atoms with E-state index in [1.807, 2.05) is 31.2 Å². The fourth-order valence-corrected chi connectivity index (χ4v) is 1.87. The smallest absolute Gasteiger partial charge is 0.303 e. The molecule has 5 nitrogen and oxygen atoms in total. The predicted octanol–water partition coefficient (Wildman–Crippen LogP) is 2.66. The van der Waals surface area contributed by atoms with Crippen LogP contribution in [0.4, 0.5) is 5.69 Å². The zero-order chi connectivity index (χ0) is 15.0. The molecule has 5 heteroatoms. The molecule has 0 radical (unpaired) electrons. The van der Waals surface area contributed by atoms with Gasteiger partial charge in [-0.1, -0.05) is 25.1 Å². The summed E-state index contributed by atoms with van der Waals surface area (Å²) in [6.07, 6.45) is 0.184. The number of carbonyl (C=O) groups excluding carboxylic acids is 1. The van der Waals surface area contributed by atoms with Crippen LogP contribution in [0, 0.1) is 5.92 Å². The summed E-state index contributed by atoms with van der Waals surface area (Å²) in [6, 6.07) is 7.43. The number of carbonyl (C=O) groups is 2. The summed E-state index contributed by atoms with van der Waals surface area (Å²) in [5.41, 5.74) is 1.63. The maximum Gasteiger partial charge on any atom is 0.303 e. The normalized spacial score (nSPS) is 11.9. The number of para-hydroxylation sites is 1. The van der Waals surface area contributed by atoms with Crippen LogP contribution in [-0.4, -0.2) is 23.6 Å². The maximum atomic E-state index is 11.9. The van der Waals surface area contributed by atoms with Gasteiger partial charge in [0.05, 0.1) is 6.61 Å². The highest BCUT2D eigenvalue weighted by molar-refractivity contribution is 5.91. The molecule has 1 unspecified atom stereocenters. The van der Waals surface area contributed by atoms with Crippen molar-refractivity contribution < 1.29 is 19.4 Å². The summed E-state index contributed by atoms with van der Waals surface area (Å²) >= 11 is 0. The quantitative estimate of drug-likeness (QED) is 0.767. The Kier molecular flexibility index (Phi) is 6.73. The molecular weight excluding hydrogens is 258 g/mol. The van der Waals surface area contributed by atoms with Crippen molar-refractivity contribution in [1.29, 1.82) is 0 Å². The highest BCUT2D eigenvalue weighted by Crippen LogP contribution is 2.17. The van der Waals surface area contributed by atoms with Crippen molar-refractivity contribution in [3.63, 3.8) is 0 Å². The minimum atomic E-state index is -0.887. The van der Waals surface area contributed by atoms with Gasteiger partial charge in [0.15, 0.2) is 0 Å². The van der Waals surface area contributed by atoms with Crippen molar-refractivity contribution in [3.05, 3.63) is 29.8 Å². The van der Waals surface area contributed by atoms with E-state index in [0.717, 1.165) is 5.56 Å². The highest BCUT2D eigenvalue weighted by atomic mass is 16.5. The minimum Gasteiger partial charge on any atom is -0.481 e. The Labute approximate surface area is 118 Å². The summed E-state index contributed by atoms with van der Waals surface area (Å²) in [5, 5.41) is 11.5. The Morgan fingerprint density at radius 2 is 2.00 bits per heavy atom. The van der Waals surface area contributed by atoms with Gasteiger partial charge >= 0.3 is 5.97 Å². The lowest BCUT2D eigenvalue weighted by molar-refractivity contribution is -0.138. The zero-order valence-electron chi connectivity index (χ0n) is 11.9. The second-order valence-electron chi connectivity index (χ2n) is 4.75. The Morgan fingerprint density at radius 1 is 1.30 bits per heavy atom. The molecule has 1 atom stereocenters. The van der Waals surface area contributed by atoms with Crippen molar-refractivity contribution in [1.82, 2.24) is 0 Å². The van der Waals surface area contributed by atoms with Crippen LogP contribution >= 0.6 is 0 Å². The molecule has 0 aliphatic carbocycles. The number of amides is 1. The second kappa shape index (κ2) is 8.32. The predicted molar refractivity (Wildman–Crippen MR) is 76.4 cm³/mol. The molecule has 0 bridgehead atoms. The van der Waals surface area contributed by atoms with E-state index in [-0.39, 0.29) is 24.7 Å². The van der Waals surface area contributed by atoms with Gasteiger partial charge in [-0.05, 0) is 18.9 Å². The van der Waals surface area contributed by atoms with Crippen molar-refractivity contribution in [2.24, 2.45) is 5.92 Å². The molecule has 0 spiro atoms. The number of carboxylic acids is 1. The molecule has 0 saturated heterocycles. The van der Waals surface area contributed by atoms with Gasteiger partial charge in [0.25, 0.3) is 0 Å². The van der Waals surface area contributed by atoms with E-state index in [2.05, 4.69) is 5.32 Å². The van der Waals surface area contributed by atoms with Crippen LogP contribution in [0.2, 0.25) is 0 Å². The molecular formula is C15H21NO4. The van der Waals surface area contributed by atoms with E-state index in [0.29, 0.717) is 18.9 Å². The van der Waals surface area contributed by atoms with Gasteiger partial charge in [-0.3, -0.25) is 9.59 Å². The number of hydrogen-bond donors (Lipinski definition) is 2. The summed E-state index contributed by atoms with van der Waals surface area (Å²) in [5.74, 6) is -1.25.